The molecule has 5 heterocycles. The van der Waals surface area contributed by atoms with E-state index < -0.39 is 0 Å². The minimum Gasteiger partial charge on any atom is -0.341 e. The van der Waals surface area contributed by atoms with Crippen LogP contribution in [0.25, 0.3) is 11.1 Å². The van der Waals surface area contributed by atoms with Crippen molar-refractivity contribution < 1.29 is 4.79 Å². The highest BCUT2D eigenvalue weighted by Crippen LogP contribution is 2.31. The average Bonchev–Trinajstić information content (AvgIpc) is 3.47. The molecule has 0 aromatic carbocycles. The molecule has 0 bridgehead atoms. The van der Waals surface area contributed by atoms with Crippen molar-refractivity contribution >= 4 is 17.5 Å². The Morgan fingerprint density at radius 3 is 2.75 bits per heavy atom. The third kappa shape index (κ3) is 3.53. The van der Waals surface area contributed by atoms with E-state index in [0.717, 1.165) is 40.6 Å². The maximum absolute atomic E-state index is 13.3. The monoisotopic (exact) mass is 431 g/mol. The third-order valence-corrected chi connectivity index (χ3v) is 5.84. The van der Waals surface area contributed by atoms with Gasteiger partial charge in [-0.25, -0.2) is 4.98 Å². The van der Waals surface area contributed by atoms with Gasteiger partial charge in [-0.05, 0) is 37.1 Å². The maximum Gasteiger partial charge on any atom is 0.271 e. The lowest BCUT2D eigenvalue weighted by Crippen LogP contribution is -2.45. The molecule has 0 fully saturated rings. The molecule has 4 aromatic heterocycles. The van der Waals surface area contributed by atoms with E-state index in [1.54, 1.807) is 24.1 Å². The number of nitrogens with zero attached hydrogens (tertiary/aromatic N) is 8. The Morgan fingerprint density at radius 1 is 1.19 bits per heavy atom. The van der Waals surface area contributed by atoms with Crippen LogP contribution in [0.5, 0.6) is 0 Å². The predicted molar refractivity (Wildman–Crippen MR) is 119 cm³/mol. The van der Waals surface area contributed by atoms with Crippen molar-refractivity contribution in [2.24, 2.45) is 14.1 Å². The van der Waals surface area contributed by atoms with Gasteiger partial charge in [-0.15, -0.1) is 0 Å². The van der Waals surface area contributed by atoms with Crippen LogP contribution in [0.2, 0.25) is 0 Å². The molecule has 1 N–H and O–H groups in total. The first-order chi connectivity index (χ1) is 15.4. The highest BCUT2D eigenvalue weighted by atomic mass is 16.2. The van der Waals surface area contributed by atoms with E-state index in [0.29, 0.717) is 12.2 Å². The minimum atomic E-state index is 0.000551. The maximum atomic E-state index is 13.3. The normalized spacial score (nSPS) is 15.8. The van der Waals surface area contributed by atoms with Crippen LogP contribution in [0, 0.1) is 6.92 Å². The first-order valence-electron chi connectivity index (χ1n) is 10.5. The number of amides is 1. The van der Waals surface area contributed by atoms with Crippen molar-refractivity contribution in [3.8, 4) is 11.1 Å². The topological polar surface area (TPSA) is 98.7 Å². The average molecular weight is 432 g/mol. The van der Waals surface area contributed by atoms with Crippen molar-refractivity contribution in [1.82, 2.24) is 39.2 Å². The van der Waals surface area contributed by atoms with E-state index in [-0.39, 0.29) is 11.9 Å². The molecule has 4 aromatic rings. The molecule has 5 rings (SSSR count). The van der Waals surface area contributed by atoms with Gasteiger partial charge in [-0.2, -0.15) is 20.1 Å². The van der Waals surface area contributed by atoms with Gasteiger partial charge < -0.3 is 14.8 Å². The lowest BCUT2D eigenvalue weighted by atomic mass is 10.0. The van der Waals surface area contributed by atoms with Gasteiger partial charge in [0.05, 0.1) is 18.9 Å². The van der Waals surface area contributed by atoms with Crippen LogP contribution in [-0.4, -0.2) is 51.2 Å². The molecular formula is C22H25N9O. The highest BCUT2D eigenvalue weighted by molar-refractivity contribution is 5.95. The number of pyridine rings is 1. The van der Waals surface area contributed by atoms with Gasteiger partial charge in [-0.1, -0.05) is 0 Å². The van der Waals surface area contributed by atoms with E-state index in [1.165, 1.54) is 4.80 Å². The molecule has 10 heteroatoms. The van der Waals surface area contributed by atoms with Crippen LogP contribution in [0.3, 0.4) is 0 Å². The zero-order chi connectivity index (χ0) is 22.4. The summed E-state index contributed by atoms with van der Waals surface area (Å²) in [4.78, 5) is 21.2. The number of fused-ring (bicyclic) bond motifs is 1. The second kappa shape index (κ2) is 7.63. The summed E-state index contributed by atoms with van der Waals surface area (Å²) in [5.74, 6) is 1.58. The van der Waals surface area contributed by atoms with Gasteiger partial charge in [-0.3, -0.25) is 9.48 Å². The first kappa shape index (κ1) is 20.0. The molecular weight excluding hydrogens is 406 g/mol. The molecule has 0 radical (unpaired) electrons. The fraction of sp³-hybridized carbons (Fsp3) is 0.318. The van der Waals surface area contributed by atoms with Crippen LogP contribution in [0.1, 0.15) is 28.7 Å². The number of hydrogen-bond donors (Lipinski definition) is 1. The van der Waals surface area contributed by atoms with Crippen LogP contribution in [-0.2, 0) is 27.2 Å². The van der Waals surface area contributed by atoms with Crippen LogP contribution < -0.4 is 5.32 Å². The Balaban J connectivity index is 1.44. The molecule has 0 saturated heterocycles. The smallest absolute Gasteiger partial charge is 0.271 e. The molecule has 1 amide bonds. The second-order valence-electron chi connectivity index (χ2n) is 8.22. The van der Waals surface area contributed by atoms with E-state index in [1.807, 2.05) is 47.8 Å². The second-order valence-corrected chi connectivity index (χ2v) is 8.22. The molecule has 0 saturated carbocycles. The SMILES string of the molecule is Cc1cnc(Nc2ccnn2C)cc1-c1cc2n(c1)C[C@H](C)N(Cc1cnn(C)n1)C2=O. The lowest BCUT2D eigenvalue weighted by molar-refractivity contribution is 0.0592. The van der Waals surface area contributed by atoms with E-state index in [9.17, 15) is 4.79 Å². The summed E-state index contributed by atoms with van der Waals surface area (Å²) in [5, 5.41) is 15.9. The van der Waals surface area contributed by atoms with Crippen LogP contribution >= 0.6 is 0 Å². The van der Waals surface area contributed by atoms with Gasteiger partial charge in [0.2, 0.25) is 0 Å². The Hall–Kier alpha value is -3.95. The van der Waals surface area contributed by atoms with Gasteiger partial charge in [0.25, 0.3) is 5.91 Å². The number of aromatic nitrogens is 7. The molecule has 1 aliphatic heterocycles. The largest absolute Gasteiger partial charge is 0.341 e. The fourth-order valence-corrected chi connectivity index (χ4v) is 4.11. The summed E-state index contributed by atoms with van der Waals surface area (Å²) in [6.07, 6.45) is 7.34. The van der Waals surface area contributed by atoms with Crippen LogP contribution in [0.15, 0.2) is 43.0 Å². The number of carbonyl (C=O) groups excluding carboxylic acids is 1. The quantitative estimate of drug-likeness (QED) is 0.521. The van der Waals surface area contributed by atoms with Gasteiger partial charge in [0.15, 0.2) is 0 Å². The summed E-state index contributed by atoms with van der Waals surface area (Å²) in [7, 11) is 3.65. The van der Waals surface area contributed by atoms with Crippen molar-refractivity contribution in [3.05, 3.63) is 59.9 Å². The molecule has 32 heavy (non-hydrogen) atoms. The number of carbonyl (C=O) groups is 1. The number of hydrogen-bond acceptors (Lipinski definition) is 6. The summed E-state index contributed by atoms with van der Waals surface area (Å²) in [6.45, 7) is 5.26. The molecule has 10 nitrogen and oxygen atoms in total. The first-order valence-corrected chi connectivity index (χ1v) is 10.5. The van der Waals surface area contributed by atoms with Crippen molar-refractivity contribution in [1.29, 1.82) is 0 Å². The Morgan fingerprint density at radius 2 is 2.03 bits per heavy atom. The fourth-order valence-electron chi connectivity index (χ4n) is 4.11. The number of rotatable bonds is 5. The standard InChI is InChI=1S/C22H25N9O/c1-14-9-23-20(26-21-5-6-24-28(21)3)8-18(14)16-7-19-22(32)31(15(2)11-30(19)12-16)13-17-10-25-29(4)27-17/h5-10,12,15H,11,13H2,1-4H3,(H,23,26)/t15-/m0/s1. The molecule has 1 aliphatic rings. The van der Waals surface area contributed by atoms with E-state index in [4.69, 9.17) is 0 Å². The van der Waals surface area contributed by atoms with Gasteiger partial charge >= 0.3 is 0 Å². The Labute approximate surface area is 185 Å². The molecule has 164 valence electrons. The zero-order valence-electron chi connectivity index (χ0n) is 18.5. The number of nitrogens with one attached hydrogen (secondary N) is 1. The van der Waals surface area contributed by atoms with Crippen LogP contribution in [0.4, 0.5) is 11.6 Å². The predicted octanol–water partition coefficient (Wildman–Crippen LogP) is 2.51. The summed E-state index contributed by atoms with van der Waals surface area (Å²) < 4.78 is 3.80. The highest BCUT2D eigenvalue weighted by Gasteiger charge is 2.31. The van der Waals surface area contributed by atoms with Crippen molar-refractivity contribution in [3.63, 3.8) is 0 Å². The Bertz CT molecular complexity index is 1300. The van der Waals surface area contributed by atoms with Crippen molar-refractivity contribution in [2.75, 3.05) is 5.32 Å². The van der Waals surface area contributed by atoms with Crippen molar-refractivity contribution in [2.45, 2.75) is 33.0 Å². The molecule has 0 spiro atoms. The van der Waals surface area contributed by atoms with E-state index in [2.05, 4.69) is 38.7 Å². The summed E-state index contributed by atoms with van der Waals surface area (Å²) in [6, 6.07) is 5.92. The van der Waals surface area contributed by atoms with Gasteiger partial charge in [0, 0.05) is 50.7 Å². The zero-order valence-corrected chi connectivity index (χ0v) is 18.5. The van der Waals surface area contributed by atoms with E-state index >= 15 is 0 Å². The minimum absolute atomic E-state index is 0.000551. The molecule has 0 unspecified atom stereocenters. The summed E-state index contributed by atoms with van der Waals surface area (Å²) in [5.41, 5.74) is 4.53. The Kier molecular flexibility index (Phi) is 4.76. The molecule has 0 aliphatic carbocycles. The number of aryl methyl sites for hydroxylation is 3. The number of anilines is 2. The lowest BCUT2D eigenvalue weighted by Gasteiger charge is -2.33. The summed E-state index contributed by atoms with van der Waals surface area (Å²) >= 11 is 0. The third-order valence-electron chi connectivity index (χ3n) is 5.84. The van der Waals surface area contributed by atoms with Gasteiger partial charge in [0.1, 0.15) is 23.0 Å². The molecule has 1 atom stereocenters.